The Morgan fingerprint density at radius 1 is 1.23 bits per heavy atom. The number of methoxy groups -OCH3 is 1. The maximum absolute atomic E-state index is 13.0. The molecule has 0 unspecified atom stereocenters. The monoisotopic (exact) mass is 470 g/mol. The summed E-state index contributed by atoms with van der Waals surface area (Å²) in [5.41, 5.74) is 0.888. The summed E-state index contributed by atoms with van der Waals surface area (Å²) in [6.45, 7) is 2.07. The van der Waals surface area contributed by atoms with Crippen molar-refractivity contribution in [2.75, 3.05) is 39.9 Å². The van der Waals surface area contributed by atoms with Crippen LogP contribution in [0.2, 0.25) is 15.1 Å². The van der Waals surface area contributed by atoms with Crippen LogP contribution in [0.5, 0.6) is 5.75 Å². The van der Waals surface area contributed by atoms with Crippen molar-refractivity contribution in [3.05, 3.63) is 62.6 Å². The molecule has 0 radical (unpaired) electrons. The summed E-state index contributed by atoms with van der Waals surface area (Å²) in [4.78, 5) is 16.9. The lowest BCUT2D eigenvalue weighted by Crippen LogP contribution is -2.63. The number of nitrogens with zero attached hydrogens (tertiary/aromatic N) is 2. The molecule has 0 bridgehead atoms. The smallest absolute Gasteiger partial charge is 0.255 e. The van der Waals surface area contributed by atoms with Crippen LogP contribution < -0.4 is 4.74 Å². The van der Waals surface area contributed by atoms with Gasteiger partial charge in [0.05, 0.1) is 41.9 Å². The van der Waals surface area contributed by atoms with E-state index >= 15 is 0 Å². The Morgan fingerprint density at radius 3 is 2.77 bits per heavy atom. The third-order valence-electron chi connectivity index (χ3n) is 5.59. The molecule has 0 aliphatic carbocycles. The third-order valence-corrected chi connectivity index (χ3v) is 6.53. The molecule has 30 heavy (non-hydrogen) atoms. The fourth-order valence-corrected chi connectivity index (χ4v) is 4.81. The molecule has 2 aliphatic rings. The van der Waals surface area contributed by atoms with E-state index in [2.05, 4.69) is 4.90 Å². The molecular weight excluding hydrogens is 451 g/mol. The predicted octanol–water partition coefficient (Wildman–Crippen LogP) is 3.66. The highest BCUT2D eigenvalue weighted by Gasteiger charge is 2.44. The van der Waals surface area contributed by atoms with Crippen LogP contribution in [-0.4, -0.2) is 66.8 Å². The van der Waals surface area contributed by atoms with Gasteiger partial charge in [0.2, 0.25) is 5.79 Å². The van der Waals surface area contributed by atoms with Gasteiger partial charge in [-0.3, -0.25) is 9.69 Å². The Hall–Kier alpha value is -1.54. The lowest BCUT2D eigenvalue weighted by Gasteiger charge is -2.49. The minimum atomic E-state index is -1.53. The van der Waals surface area contributed by atoms with Crippen LogP contribution in [0.15, 0.2) is 36.4 Å². The fraction of sp³-hybridized carbons (Fsp3) is 0.381. The largest absolute Gasteiger partial charge is 0.495 e. The van der Waals surface area contributed by atoms with Gasteiger partial charge in [0, 0.05) is 30.2 Å². The topological polar surface area (TPSA) is 62.2 Å². The first-order valence-corrected chi connectivity index (χ1v) is 10.6. The highest BCUT2D eigenvalue weighted by molar-refractivity contribution is 6.35. The van der Waals surface area contributed by atoms with Crippen molar-refractivity contribution in [3.63, 3.8) is 0 Å². The minimum Gasteiger partial charge on any atom is -0.495 e. The quantitative estimate of drug-likeness (QED) is 0.740. The molecule has 0 saturated carbocycles. The predicted molar refractivity (Wildman–Crippen MR) is 116 cm³/mol. The van der Waals surface area contributed by atoms with E-state index in [9.17, 15) is 9.90 Å². The van der Waals surface area contributed by atoms with E-state index in [1.807, 2.05) is 0 Å². The first kappa shape index (κ1) is 21.7. The molecule has 2 atom stereocenters. The van der Waals surface area contributed by atoms with Gasteiger partial charge >= 0.3 is 0 Å². The van der Waals surface area contributed by atoms with Crippen LogP contribution in [-0.2, 0) is 10.5 Å². The maximum atomic E-state index is 13.0. The van der Waals surface area contributed by atoms with Crippen molar-refractivity contribution < 1.29 is 19.4 Å². The molecule has 2 aromatic rings. The lowest BCUT2D eigenvalue weighted by atomic mass is 10.00. The Labute approximate surface area is 189 Å². The number of benzene rings is 2. The van der Waals surface area contributed by atoms with Gasteiger partial charge in [-0.05, 0) is 24.3 Å². The van der Waals surface area contributed by atoms with Crippen molar-refractivity contribution >= 4 is 40.7 Å². The van der Waals surface area contributed by atoms with Crippen LogP contribution >= 0.6 is 34.8 Å². The Bertz CT molecular complexity index is 973. The Morgan fingerprint density at radius 2 is 2.03 bits per heavy atom. The molecule has 1 amide bonds. The molecule has 4 rings (SSSR count). The summed E-state index contributed by atoms with van der Waals surface area (Å²) < 4.78 is 11.1. The van der Waals surface area contributed by atoms with E-state index < -0.39 is 5.79 Å². The molecule has 2 fully saturated rings. The standard InChI is InChI=1S/C21H21Cl3N2O4/c1-29-18-4-2-3-15(19(18)24)20(27)25-7-8-26-12-21(28,30-11-14(26)10-25)16-6-5-13(22)9-17(16)23/h2-6,9,14,28H,7-8,10-12H2,1H3/t14-,21-/m0/s1. The van der Waals surface area contributed by atoms with E-state index in [-0.39, 0.29) is 25.1 Å². The number of halogens is 3. The van der Waals surface area contributed by atoms with Gasteiger partial charge in [-0.15, -0.1) is 0 Å². The van der Waals surface area contributed by atoms with Crippen LogP contribution in [0.4, 0.5) is 0 Å². The second kappa shape index (κ2) is 8.54. The summed E-state index contributed by atoms with van der Waals surface area (Å²) in [5.74, 6) is -1.22. The van der Waals surface area contributed by atoms with Crippen LogP contribution in [0, 0.1) is 0 Å². The Kier molecular flexibility index (Phi) is 6.17. The molecule has 6 nitrogen and oxygen atoms in total. The van der Waals surface area contributed by atoms with E-state index in [0.29, 0.717) is 51.6 Å². The number of carbonyl (C=O) groups is 1. The van der Waals surface area contributed by atoms with Gasteiger partial charge in [-0.1, -0.05) is 46.9 Å². The van der Waals surface area contributed by atoms with E-state index in [0.717, 1.165) is 0 Å². The van der Waals surface area contributed by atoms with Gasteiger partial charge in [-0.2, -0.15) is 0 Å². The third kappa shape index (κ3) is 4.00. The summed E-state index contributed by atoms with van der Waals surface area (Å²) >= 11 is 18.6. The van der Waals surface area contributed by atoms with Crippen molar-refractivity contribution in [1.29, 1.82) is 0 Å². The van der Waals surface area contributed by atoms with Crippen molar-refractivity contribution in [2.45, 2.75) is 11.8 Å². The summed E-state index contributed by atoms with van der Waals surface area (Å²) in [5, 5.41) is 12.2. The van der Waals surface area contributed by atoms with Crippen LogP contribution in [0.1, 0.15) is 15.9 Å². The molecular formula is C21H21Cl3N2O4. The molecule has 2 aliphatic heterocycles. The first-order chi connectivity index (χ1) is 14.3. The number of fused-ring (bicyclic) bond motifs is 1. The van der Waals surface area contributed by atoms with Crippen molar-refractivity contribution in [1.82, 2.24) is 9.80 Å². The minimum absolute atomic E-state index is 0.0431. The number of carbonyl (C=O) groups excluding carboxylic acids is 1. The normalized spacial score (nSPS) is 24.4. The second-order valence-electron chi connectivity index (χ2n) is 7.42. The average Bonchev–Trinajstić information content (AvgIpc) is 2.73. The van der Waals surface area contributed by atoms with Crippen LogP contribution in [0.25, 0.3) is 0 Å². The molecule has 0 aromatic heterocycles. The SMILES string of the molecule is COc1cccc(C(=O)N2CCN3C[C@@](O)(c4ccc(Cl)cc4Cl)OC[C@@H]3C2)c1Cl. The van der Waals surface area contributed by atoms with Gasteiger partial charge in [0.25, 0.3) is 5.91 Å². The zero-order valence-corrected chi connectivity index (χ0v) is 18.5. The van der Waals surface area contributed by atoms with Gasteiger partial charge in [0.15, 0.2) is 0 Å². The fourth-order valence-electron chi connectivity index (χ4n) is 3.97. The van der Waals surface area contributed by atoms with Gasteiger partial charge in [-0.25, -0.2) is 0 Å². The van der Waals surface area contributed by atoms with Crippen LogP contribution in [0.3, 0.4) is 0 Å². The number of hydrogen-bond donors (Lipinski definition) is 1. The highest BCUT2D eigenvalue weighted by atomic mass is 35.5. The zero-order chi connectivity index (χ0) is 21.5. The second-order valence-corrected chi connectivity index (χ2v) is 8.64. The Balaban J connectivity index is 1.48. The molecule has 2 aromatic carbocycles. The maximum Gasteiger partial charge on any atom is 0.255 e. The lowest BCUT2D eigenvalue weighted by molar-refractivity contribution is -0.265. The van der Waals surface area contributed by atoms with E-state index in [1.165, 1.54) is 7.11 Å². The molecule has 1 N–H and O–H groups in total. The molecule has 2 heterocycles. The number of piperazine rings is 1. The van der Waals surface area contributed by atoms with E-state index in [4.69, 9.17) is 44.3 Å². The molecule has 160 valence electrons. The number of amides is 1. The van der Waals surface area contributed by atoms with Crippen molar-refractivity contribution in [2.24, 2.45) is 0 Å². The number of morpholine rings is 1. The number of rotatable bonds is 3. The van der Waals surface area contributed by atoms with Gasteiger partial charge < -0.3 is 19.5 Å². The summed E-state index contributed by atoms with van der Waals surface area (Å²) in [7, 11) is 1.52. The number of ether oxygens (including phenoxy) is 2. The molecule has 9 heteroatoms. The summed E-state index contributed by atoms with van der Waals surface area (Å²) in [6, 6.07) is 10.0. The van der Waals surface area contributed by atoms with Gasteiger partial charge in [0.1, 0.15) is 5.75 Å². The zero-order valence-electron chi connectivity index (χ0n) is 16.3. The number of aliphatic hydroxyl groups is 1. The van der Waals surface area contributed by atoms with Crippen molar-refractivity contribution in [3.8, 4) is 5.75 Å². The summed E-state index contributed by atoms with van der Waals surface area (Å²) in [6.07, 6.45) is 0. The van der Waals surface area contributed by atoms with E-state index in [1.54, 1.807) is 41.3 Å². The highest BCUT2D eigenvalue weighted by Crippen LogP contribution is 2.36. The number of hydrogen-bond acceptors (Lipinski definition) is 5. The average molecular weight is 472 g/mol. The molecule has 2 saturated heterocycles. The first-order valence-electron chi connectivity index (χ1n) is 9.50. The molecule has 0 spiro atoms.